The van der Waals surface area contributed by atoms with Gasteiger partial charge in [0, 0.05) is 12.6 Å². The lowest BCUT2D eigenvalue weighted by atomic mass is 10.00. The van der Waals surface area contributed by atoms with E-state index in [9.17, 15) is 9.59 Å². The second kappa shape index (κ2) is 4.61. The Morgan fingerprint density at radius 3 is 2.35 bits per heavy atom. The van der Waals surface area contributed by atoms with E-state index in [1.807, 2.05) is 0 Å². The zero-order chi connectivity index (χ0) is 14.4. The lowest BCUT2D eigenvalue weighted by Crippen LogP contribution is -2.32. The van der Waals surface area contributed by atoms with Crippen molar-refractivity contribution in [3.8, 4) is 0 Å². The highest BCUT2D eigenvalue weighted by molar-refractivity contribution is 6.05. The van der Waals surface area contributed by atoms with E-state index in [2.05, 4.69) is 12.0 Å². The van der Waals surface area contributed by atoms with Gasteiger partial charge in [-0.25, -0.2) is 0 Å². The van der Waals surface area contributed by atoms with Gasteiger partial charge in [0.2, 0.25) is 11.8 Å². The highest BCUT2D eigenvalue weighted by Gasteiger charge is 2.52. The Morgan fingerprint density at radius 1 is 1.30 bits per heavy atom. The third-order valence-corrected chi connectivity index (χ3v) is 4.80. The minimum Gasteiger partial charge on any atom is -0.384 e. The summed E-state index contributed by atoms with van der Waals surface area (Å²) in [6.07, 6.45) is 4.37. The van der Waals surface area contributed by atoms with E-state index >= 15 is 0 Å². The van der Waals surface area contributed by atoms with E-state index in [0.29, 0.717) is 11.7 Å². The lowest BCUT2D eigenvalue weighted by molar-refractivity contribution is -0.141. The number of anilines is 1. The van der Waals surface area contributed by atoms with Crippen LogP contribution in [0.4, 0.5) is 5.82 Å². The summed E-state index contributed by atoms with van der Waals surface area (Å²) in [5.41, 5.74) is 6.62. The van der Waals surface area contributed by atoms with Crippen molar-refractivity contribution < 1.29 is 9.59 Å². The summed E-state index contributed by atoms with van der Waals surface area (Å²) < 4.78 is 1.55. The molecular formula is C14H20N4O2. The third kappa shape index (κ3) is 1.82. The second-order valence-corrected chi connectivity index (χ2v) is 5.90. The van der Waals surface area contributed by atoms with E-state index in [1.54, 1.807) is 17.9 Å². The van der Waals surface area contributed by atoms with Crippen LogP contribution >= 0.6 is 0 Å². The smallest absolute Gasteiger partial charge is 0.233 e. The molecule has 1 aliphatic carbocycles. The molecule has 0 radical (unpaired) electrons. The molecule has 2 atom stereocenters. The summed E-state index contributed by atoms with van der Waals surface area (Å²) in [5.74, 6) is 0.756. The van der Waals surface area contributed by atoms with Crippen LogP contribution in [0.25, 0.3) is 0 Å². The number of imide groups is 1. The zero-order valence-corrected chi connectivity index (χ0v) is 11.9. The molecule has 2 fully saturated rings. The number of amides is 2. The maximum Gasteiger partial charge on any atom is 0.233 e. The van der Waals surface area contributed by atoms with Crippen LogP contribution in [-0.4, -0.2) is 26.5 Å². The first-order valence-corrected chi connectivity index (χ1v) is 7.14. The van der Waals surface area contributed by atoms with Crippen LogP contribution in [0.5, 0.6) is 0 Å². The zero-order valence-electron chi connectivity index (χ0n) is 11.9. The number of aryl methyl sites for hydroxylation is 1. The summed E-state index contributed by atoms with van der Waals surface area (Å²) in [6, 6.07) is 0. The molecule has 0 bridgehead atoms. The summed E-state index contributed by atoms with van der Waals surface area (Å²) in [4.78, 5) is 26.2. The molecule has 3 rings (SSSR count). The predicted octanol–water partition coefficient (Wildman–Crippen LogP) is 0.924. The van der Waals surface area contributed by atoms with Crippen LogP contribution in [0.15, 0.2) is 6.20 Å². The van der Waals surface area contributed by atoms with E-state index in [1.165, 1.54) is 4.90 Å². The maximum atomic E-state index is 12.4. The SMILES string of the molecule is CCC1CC2C(=O)N(Cc3cnn(C)c3N)C(=O)C2C1. The Kier molecular flexibility index (Phi) is 3.03. The monoisotopic (exact) mass is 276 g/mol. The molecule has 6 heteroatoms. The molecule has 108 valence electrons. The molecule has 1 aliphatic heterocycles. The van der Waals surface area contributed by atoms with Crippen LogP contribution in [0.3, 0.4) is 0 Å². The summed E-state index contributed by atoms with van der Waals surface area (Å²) >= 11 is 0. The van der Waals surface area contributed by atoms with E-state index in [4.69, 9.17) is 5.73 Å². The van der Waals surface area contributed by atoms with Crippen LogP contribution in [-0.2, 0) is 23.2 Å². The van der Waals surface area contributed by atoms with Gasteiger partial charge in [-0.15, -0.1) is 0 Å². The Labute approximate surface area is 117 Å². The molecule has 20 heavy (non-hydrogen) atoms. The number of hydrogen-bond donors (Lipinski definition) is 1. The molecule has 1 aromatic heterocycles. The van der Waals surface area contributed by atoms with Crippen molar-refractivity contribution in [3.63, 3.8) is 0 Å². The second-order valence-electron chi connectivity index (χ2n) is 5.90. The van der Waals surface area contributed by atoms with Crippen molar-refractivity contribution in [1.82, 2.24) is 14.7 Å². The lowest BCUT2D eigenvalue weighted by Gasteiger charge is -2.17. The number of nitrogens with two attached hydrogens (primary N) is 1. The Hall–Kier alpha value is -1.85. The van der Waals surface area contributed by atoms with Gasteiger partial charge < -0.3 is 5.73 Å². The van der Waals surface area contributed by atoms with Crippen molar-refractivity contribution >= 4 is 17.6 Å². The molecule has 2 amide bonds. The molecule has 1 saturated heterocycles. The van der Waals surface area contributed by atoms with Gasteiger partial charge in [-0.1, -0.05) is 13.3 Å². The molecule has 0 spiro atoms. The highest BCUT2D eigenvalue weighted by Crippen LogP contribution is 2.44. The first-order valence-electron chi connectivity index (χ1n) is 7.14. The predicted molar refractivity (Wildman–Crippen MR) is 73.2 cm³/mol. The van der Waals surface area contributed by atoms with Crippen LogP contribution in [0.2, 0.25) is 0 Å². The quantitative estimate of drug-likeness (QED) is 0.832. The number of nitrogens with zero attached hydrogens (tertiary/aromatic N) is 3. The summed E-state index contributed by atoms with van der Waals surface area (Å²) in [6.45, 7) is 2.37. The first-order chi connectivity index (χ1) is 9.52. The standard InChI is InChI=1S/C14H20N4O2/c1-3-8-4-10-11(5-8)14(20)18(13(10)19)7-9-6-16-17(2)12(9)15/h6,8,10-11H,3-5,7,15H2,1-2H3. The number of fused-ring (bicyclic) bond motifs is 1. The normalized spacial score (nSPS) is 29.3. The van der Waals surface area contributed by atoms with Gasteiger partial charge in [0.25, 0.3) is 0 Å². The molecule has 2 heterocycles. The van der Waals surface area contributed by atoms with Gasteiger partial charge in [-0.3, -0.25) is 19.2 Å². The average Bonchev–Trinajstić information content (AvgIpc) is 3.06. The number of nitrogen functional groups attached to an aromatic ring is 1. The number of carbonyl (C=O) groups excluding carboxylic acids is 2. The highest BCUT2D eigenvalue weighted by atomic mass is 16.2. The topological polar surface area (TPSA) is 81.2 Å². The minimum atomic E-state index is -0.106. The fraction of sp³-hybridized carbons (Fsp3) is 0.643. The number of carbonyl (C=O) groups is 2. The molecule has 6 nitrogen and oxygen atoms in total. The van der Waals surface area contributed by atoms with Crippen molar-refractivity contribution in [1.29, 1.82) is 0 Å². The molecule has 2 N–H and O–H groups in total. The molecule has 1 saturated carbocycles. The summed E-state index contributed by atoms with van der Waals surface area (Å²) in [5, 5.41) is 4.05. The fourth-order valence-corrected chi connectivity index (χ4v) is 3.47. The Morgan fingerprint density at radius 2 is 1.90 bits per heavy atom. The number of hydrogen-bond acceptors (Lipinski definition) is 4. The molecular weight excluding hydrogens is 256 g/mol. The summed E-state index contributed by atoms with van der Waals surface area (Å²) in [7, 11) is 1.74. The first kappa shape index (κ1) is 13.1. The fourth-order valence-electron chi connectivity index (χ4n) is 3.47. The van der Waals surface area contributed by atoms with Crippen LogP contribution in [0.1, 0.15) is 31.7 Å². The molecule has 1 aromatic rings. The van der Waals surface area contributed by atoms with Crippen molar-refractivity contribution in [3.05, 3.63) is 11.8 Å². The van der Waals surface area contributed by atoms with Crippen molar-refractivity contribution in [2.24, 2.45) is 24.8 Å². The van der Waals surface area contributed by atoms with Gasteiger partial charge in [0.1, 0.15) is 5.82 Å². The van der Waals surface area contributed by atoms with E-state index in [-0.39, 0.29) is 30.2 Å². The van der Waals surface area contributed by atoms with E-state index < -0.39 is 0 Å². The number of likely N-dealkylation sites (tertiary alicyclic amines) is 1. The number of rotatable bonds is 3. The minimum absolute atomic E-state index is 0.0285. The van der Waals surface area contributed by atoms with E-state index in [0.717, 1.165) is 24.8 Å². The van der Waals surface area contributed by atoms with Gasteiger partial charge in [0.05, 0.1) is 24.6 Å². The van der Waals surface area contributed by atoms with Gasteiger partial charge in [-0.05, 0) is 18.8 Å². The Balaban J connectivity index is 1.78. The third-order valence-electron chi connectivity index (χ3n) is 4.80. The van der Waals surface area contributed by atoms with Crippen molar-refractivity contribution in [2.75, 3.05) is 5.73 Å². The van der Waals surface area contributed by atoms with Gasteiger partial charge in [0.15, 0.2) is 0 Å². The maximum absolute atomic E-state index is 12.4. The van der Waals surface area contributed by atoms with Crippen LogP contribution < -0.4 is 5.73 Å². The molecule has 0 aromatic carbocycles. The number of aromatic nitrogens is 2. The molecule has 2 unspecified atom stereocenters. The molecule has 2 aliphatic rings. The van der Waals surface area contributed by atoms with Crippen molar-refractivity contribution in [2.45, 2.75) is 32.7 Å². The Bertz CT molecular complexity index is 542. The largest absolute Gasteiger partial charge is 0.384 e. The van der Waals surface area contributed by atoms with Gasteiger partial charge in [-0.2, -0.15) is 5.10 Å². The van der Waals surface area contributed by atoms with Gasteiger partial charge >= 0.3 is 0 Å². The average molecular weight is 276 g/mol. The van der Waals surface area contributed by atoms with Crippen LogP contribution in [0, 0.1) is 17.8 Å².